The third-order valence-corrected chi connectivity index (χ3v) is 19.2. The summed E-state index contributed by atoms with van der Waals surface area (Å²) < 4.78 is 12.4. The van der Waals surface area contributed by atoms with Crippen molar-refractivity contribution in [1.82, 2.24) is 0 Å². The second kappa shape index (κ2) is 12.5. The maximum atomic E-state index is 6.84. The minimum Gasteiger partial charge on any atom is -0.457 e. The minimum absolute atomic E-state index is 0.507. The van der Waals surface area contributed by atoms with Gasteiger partial charge in [-0.3, -0.25) is 0 Å². The molecule has 32 heavy (non-hydrogen) atoms. The standard InChI is InChI=1S/C16H32B10O2Si4/c1-11-12-13-14-30(5,6)28-31(7,8)15-22-25(20)16(24(18)19,26(21)23-17)32(9,10)27-29(2,3)4/h15H2,1-10H3. The highest BCUT2D eigenvalue weighted by Gasteiger charge is 2.56. The Morgan fingerprint density at radius 2 is 1.38 bits per heavy atom. The maximum absolute atomic E-state index is 6.84. The molecule has 0 aliphatic carbocycles. The van der Waals surface area contributed by atoms with E-state index in [2.05, 4.69) is 89.4 Å². The Morgan fingerprint density at radius 3 is 1.78 bits per heavy atom. The smallest absolute Gasteiger partial charge is 0.257 e. The largest absolute Gasteiger partial charge is 0.457 e. The Bertz CT molecular complexity index is 739. The Morgan fingerprint density at radius 1 is 0.844 bits per heavy atom. The van der Waals surface area contributed by atoms with Crippen LogP contribution < -0.4 is 0 Å². The first kappa shape index (κ1) is 32.6. The van der Waals surface area contributed by atoms with E-state index in [1.807, 2.05) is 0 Å². The van der Waals surface area contributed by atoms with Crippen molar-refractivity contribution >= 4 is 106 Å². The summed E-state index contributed by atoms with van der Waals surface area (Å²) in [5, 5.41) is 0. The van der Waals surface area contributed by atoms with Crippen LogP contribution in [-0.4, -0.2) is 106 Å². The molecule has 0 heterocycles. The quantitative estimate of drug-likeness (QED) is 0.309. The first-order chi connectivity index (χ1) is 14.3. The molecule has 0 N–H and O–H groups in total. The second-order valence-electron chi connectivity index (χ2n) is 10.9. The lowest BCUT2D eigenvalue weighted by atomic mass is 8.79. The highest BCUT2D eigenvalue weighted by atomic mass is 28.4. The van der Waals surface area contributed by atoms with Gasteiger partial charge in [-0.1, -0.05) is 17.4 Å². The minimum atomic E-state index is -2.63. The van der Waals surface area contributed by atoms with Gasteiger partial charge in [0.05, 0.1) is 7.17 Å². The summed E-state index contributed by atoms with van der Waals surface area (Å²) >= 11 is 0. The van der Waals surface area contributed by atoms with Crippen LogP contribution in [0.4, 0.5) is 0 Å². The van der Waals surface area contributed by atoms with Crippen LogP contribution in [0.2, 0.25) is 69.6 Å². The summed E-state index contributed by atoms with van der Waals surface area (Å²) in [6, 6.07) is 0. The normalized spacial score (nSPS) is 14.1. The molecular weight excluding hydrogens is 445 g/mol. The molecule has 0 fully saturated rings. The Kier molecular flexibility index (Phi) is 12.7. The van der Waals surface area contributed by atoms with E-state index >= 15 is 0 Å². The van der Waals surface area contributed by atoms with Gasteiger partial charge in [-0.25, -0.2) is 0 Å². The highest BCUT2D eigenvalue weighted by Crippen LogP contribution is 2.44. The Labute approximate surface area is 213 Å². The molecule has 1 atom stereocenters. The molecule has 0 bridgehead atoms. The molecule has 154 valence electrons. The van der Waals surface area contributed by atoms with Gasteiger partial charge in [0.15, 0.2) is 25.0 Å². The molecule has 0 aliphatic rings. The van der Waals surface area contributed by atoms with Crippen LogP contribution in [-0.2, 0) is 8.23 Å². The van der Waals surface area contributed by atoms with Gasteiger partial charge >= 0.3 is 0 Å². The monoisotopic (exact) mass is 478 g/mol. The van der Waals surface area contributed by atoms with Crippen LogP contribution in [0, 0.1) is 23.3 Å². The van der Waals surface area contributed by atoms with Crippen molar-refractivity contribution in [3.63, 3.8) is 0 Å². The van der Waals surface area contributed by atoms with E-state index in [0.29, 0.717) is 5.94 Å². The van der Waals surface area contributed by atoms with E-state index in [4.69, 9.17) is 46.9 Å². The fourth-order valence-electron chi connectivity index (χ4n) is 4.49. The fraction of sp³-hybridized carbons (Fsp3) is 0.750. The van der Waals surface area contributed by atoms with Gasteiger partial charge in [0.25, 0.3) is 8.32 Å². The van der Waals surface area contributed by atoms with E-state index in [1.54, 1.807) is 6.92 Å². The van der Waals surface area contributed by atoms with Gasteiger partial charge in [0.1, 0.15) is 0 Å². The summed E-state index contributed by atoms with van der Waals surface area (Å²) in [6.45, 7) is 19.0. The molecule has 0 aromatic heterocycles. The van der Waals surface area contributed by atoms with Crippen molar-refractivity contribution in [3.8, 4) is 23.3 Å². The molecule has 0 spiro atoms. The first-order valence-electron chi connectivity index (χ1n) is 11.0. The fourth-order valence-corrected chi connectivity index (χ4v) is 21.2. The molecule has 16 heteroatoms. The van der Waals surface area contributed by atoms with Crippen molar-refractivity contribution in [2.45, 2.75) is 76.5 Å². The summed E-state index contributed by atoms with van der Waals surface area (Å²) in [4.78, 5) is 0. The summed E-state index contributed by atoms with van der Waals surface area (Å²) in [5.74, 6) is 9.20. The first-order valence-corrected chi connectivity index (χ1v) is 23.4. The van der Waals surface area contributed by atoms with Crippen molar-refractivity contribution in [1.29, 1.82) is 0 Å². The molecule has 1 unspecified atom stereocenters. The zero-order valence-electron chi connectivity index (χ0n) is 21.8. The van der Waals surface area contributed by atoms with E-state index < -0.39 is 57.5 Å². The lowest BCUT2D eigenvalue weighted by Gasteiger charge is -2.58. The topological polar surface area (TPSA) is 18.5 Å². The Hall–Kier alpha value is 0.557. The average Bonchev–Trinajstić information content (AvgIpc) is 2.56. The van der Waals surface area contributed by atoms with E-state index in [0.717, 1.165) is 0 Å². The van der Waals surface area contributed by atoms with Gasteiger partial charge in [-0.05, 0) is 77.7 Å². The molecule has 12 radical (unpaired) electrons. The number of hydrogen-bond acceptors (Lipinski definition) is 2. The van der Waals surface area contributed by atoms with Crippen LogP contribution in [0.1, 0.15) is 6.92 Å². The van der Waals surface area contributed by atoms with Crippen molar-refractivity contribution in [2.24, 2.45) is 0 Å². The van der Waals surface area contributed by atoms with E-state index in [-0.39, 0.29) is 0 Å². The molecule has 0 aromatic rings. The predicted octanol–water partition coefficient (Wildman–Crippen LogP) is 0.982. The molecule has 0 amide bonds. The molecule has 2 nitrogen and oxygen atoms in total. The summed E-state index contributed by atoms with van der Waals surface area (Å²) in [7, 11) is 26.8. The van der Waals surface area contributed by atoms with Crippen molar-refractivity contribution in [3.05, 3.63) is 0 Å². The van der Waals surface area contributed by atoms with Gasteiger partial charge in [-0.2, -0.15) is 0 Å². The van der Waals surface area contributed by atoms with E-state index in [9.17, 15) is 0 Å². The lowest BCUT2D eigenvalue weighted by Crippen LogP contribution is -2.73. The number of hydrogen-bond donors (Lipinski definition) is 0. The van der Waals surface area contributed by atoms with Gasteiger partial charge < -0.3 is 8.23 Å². The van der Waals surface area contributed by atoms with Gasteiger partial charge in [-0.15, -0.1) is 4.74 Å². The third kappa shape index (κ3) is 9.31. The summed E-state index contributed by atoms with van der Waals surface area (Å²) in [5.41, 5.74) is 3.22. The Balaban J connectivity index is 5.94. The highest BCUT2D eigenvalue weighted by molar-refractivity contribution is 7.65. The molecule has 0 aliphatic heterocycles. The lowest BCUT2D eigenvalue weighted by molar-refractivity contribution is 0.547. The van der Waals surface area contributed by atoms with Crippen LogP contribution in [0.5, 0.6) is 0 Å². The zero-order valence-corrected chi connectivity index (χ0v) is 25.8. The van der Waals surface area contributed by atoms with Crippen LogP contribution in [0.15, 0.2) is 0 Å². The zero-order chi connectivity index (χ0) is 25.6. The van der Waals surface area contributed by atoms with Crippen LogP contribution in [0.3, 0.4) is 0 Å². The van der Waals surface area contributed by atoms with Crippen LogP contribution >= 0.6 is 0 Å². The second-order valence-corrected chi connectivity index (χ2v) is 27.8. The third-order valence-electron chi connectivity index (χ3n) is 5.41. The molecule has 0 saturated heterocycles. The predicted molar refractivity (Wildman–Crippen MR) is 164 cm³/mol. The molecule has 0 aromatic carbocycles. The molecule has 0 saturated carbocycles. The van der Waals surface area contributed by atoms with Crippen LogP contribution in [0.25, 0.3) is 0 Å². The van der Waals surface area contributed by atoms with Crippen molar-refractivity contribution in [2.75, 3.05) is 0 Å². The van der Waals surface area contributed by atoms with Gasteiger partial charge in [0.2, 0.25) is 0 Å². The maximum Gasteiger partial charge on any atom is 0.257 e. The average molecular weight is 477 g/mol. The SMILES string of the molecule is [B][B]B([B])C(B([B])[B])(B([B])[B]C[Si](C)(C)O[Si](C)(C)C#CC#CC)[Si](C)(C)O[Si](C)(C)C. The molecular formula is C16H32B10O2Si4. The number of rotatable bonds is 12. The van der Waals surface area contributed by atoms with E-state index in [1.165, 1.54) is 7.06 Å². The van der Waals surface area contributed by atoms with Gasteiger partial charge in [0, 0.05) is 65.2 Å². The molecule has 0 rings (SSSR count). The van der Waals surface area contributed by atoms with Crippen molar-refractivity contribution < 1.29 is 8.23 Å². The summed E-state index contributed by atoms with van der Waals surface area (Å²) in [6.07, 6.45) is 0.